The summed E-state index contributed by atoms with van der Waals surface area (Å²) < 4.78 is 10.2. The Morgan fingerprint density at radius 3 is 2.44 bits per heavy atom. The number of nitrogens with one attached hydrogen (secondary N) is 3. The topological polar surface area (TPSA) is 133 Å². The van der Waals surface area contributed by atoms with Crippen molar-refractivity contribution in [3.63, 3.8) is 0 Å². The van der Waals surface area contributed by atoms with E-state index in [0.29, 0.717) is 11.4 Å². The lowest BCUT2D eigenvalue weighted by molar-refractivity contribution is -0.309. The van der Waals surface area contributed by atoms with Gasteiger partial charge in [0.15, 0.2) is 5.76 Å². The van der Waals surface area contributed by atoms with Crippen LogP contribution in [-0.4, -0.2) is 31.1 Å². The Kier molecular flexibility index (Phi) is 6.42. The highest BCUT2D eigenvalue weighted by Crippen LogP contribution is 2.28. The first-order valence-electron chi connectivity index (χ1n) is 8.13. The Hall–Kier alpha value is -3.49. The minimum Gasteiger partial charge on any atom is -0.548 e. The van der Waals surface area contributed by atoms with Gasteiger partial charge < -0.3 is 35.0 Å². The van der Waals surface area contributed by atoms with E-state index >= 15 is 0 Å². The van der Waals surface area contributed by atoms with Gasteiger partial charge in [0.1, 0.15) is 5.75 Å². The van der Waals surface area contributed by atoms with Crippen molar-refractivity contribution in [2.24, 2.45) is 5.92 Å². The third-order valence-corrected chi connectivity index (χ3v) is 3.66. The van der Waals surface area contributed by atoms with Crippen LogP contribution in [0, 0.1) is 5.92 Å². The lowest BCUT2D eigenvalue weighted by Crippen LogP contribution is -2.51. The third-order valence-electron chi connectivity index (χ3n) is 3.66. The SMILES string of the molecule is COc1ccc(NC(=O)c2ccco2)cc1NC(=O)N[C@H](C(=O)[O-])C(C)C. The first kappa shape index (κ1) is 19.8. The molecule has 9 heteroatoms. The summed E-state index contributed by atoms with van der Waals surface area (Å²) in [6.07, 6.45) is 1.38. The third kappa shape index (κ3) is 5.24. The number of methoxy groups -OCH3 is 1. The van der Waals surface area contributed by atoms with Gasteiger partial charge in [-0.25, -0.2) is 4.79 Å². The number of carboxylic acids is 1. The number of anilines is 2. The molecule has 1 heterocycles. The van der Waals surface area contributed by atoms with Crippen molar-refractivity contribution < 1.29 is 28.6 Å². The maximum Gasteiger partial charge on any atom is 0.319 e. The summed E-state index contributed by atoms with van der Waals surface area (Å²) >= 11 is 0. The van der Waals surface area contributed by atoms with E-state index in [1.165, 1.54) is 25.5 Å². The second kappa shape index (κ2) is 8.75. The fraction of sp³-hybridized carbons (Fsp3) is 0.278. The Bertz CT molecular complexity index is 817. The zero-order valence-electron chi connectivity index (χ0n) is 15.1. The van der Waals surface area contributed by atoms with E-state index in [9.17, 15) is 19.5 Å². The number of carboxylic acid groups (broad SMARTS) is 1. The van der Waals surface area contributed by atoms with E-state index in [1.807, 2.05) is 0 Å². The van der Waals surface area contributed by atoms with Crippen molar-refractivity contribution in [2.45, 2.75) is 19.9 Å². The molecule has 1 aromatic heterocycles. The maximum atomic E-state index is 12.1. The molecule has 0 aliphatic carbocycles. The molecule has 2 rings (SSSR count). The molecule has 0 aliphatic heterocycles. The molecule has 9 nitrogen and oxygen atoms in total. The molecule has 0 fully saturated rings. The van der Waals surface area contributed by atoms with Crippen molar-refractivity contribution in [1.29, 1.82) is 0 Å². The smallest absolute Gasteiger partial charge is 0.319 e. The highest BCUT2D eigenvalue weighted by atomic mass is 16.5. The fourth-order valence-electron chi connectivity index (χ4n) is 2.28. The van der Waals surface area contributed by atoms with Gasteiger partial charge in [0.25, 0.3) is 5.91 Å². The van der Waals surface area contributed by atoms with Gasteiger partial charge in [0.2, 0.25) is 0 Å². The Balaban J connectivity index is 2.13. The fourth-order valence-corrected chi connectivity index (χ4v) is 2.28. The molecule has 0 unspecified atom stereocenters. The molecule has 0 bridgehead atoms. The quantitative estimate of drug-likeness (QED) is 0.672. The minimum atomic E-state index is -1.38. The number of furan rings is 1. The van der Waals surface area contributed by atoms with Crippen LogP contribution >= 0.6 is 0 Å². The van der Waals surface area contributed by atoms with Crippen LogP contribution in [-0.2, 0) is 4.79 Å². The molecule has 0 aliphatic rings. The van der Waals surface area contributed by atoms with E-state index in [0.717, 1.165) is 0 Å². The van der Waals surface area contributed by atoms with Crippen LogP contribution in [0.25, 0.3) is 0 Å². The minimum absolute atomic E-state index is 0.131. The number of urea groups is 1. The molecule has 3 amide bonds. The zero-order chi connectivity index (χ0) is 20.0. The highest BCUT2D eigenvalue weighted by Gasteiger charge is 2.18. The summed E-state index contributed by atoms with van der Waals surface area (Å²) in [5, 5.41) is 18.6. The second-order valence-corrected chi connectivity index (χ2v) is 5.99. The molecule has 0 saturated carbocycles. The summed E-state index contributed by atoms with van der Waals surface area (Å²) in [6.45, 7) is 3.29. The van der Waals surface area contributed by atoms with E-state index in [2.05, 4.69) is 16.0 Å². The molecule has 1 aromatic carbocycles. The van der Waals surface area contributed by atoms with Gasteiger partial charge in [-0.15, -0.1) is 0 Å². The van der Waals surface area contributed by atoms with E-state index in [1.54, 1.807) is 32.0 Å². The summed E-state index contributed by atoms with van der Waals surface area (Å²) in [4.78, 5) is 35.3. The molecular formula is C18H20N3O6-. The van der Waals surface area contributed by atoms with Gasteiger partial charge in [-0.1, -0.05) is 13.8 Å². The van der Waals surface area contributed by atoms with Gasteiger partial charge in [-0.3, -0.25) is 4.79 Å². The number of rotatable bonds is 7. The predicted octanol–water partition coefficient (Wildman–Crippen LogP) is 1.44. The first-order chi connectivity index (χ1) is 12.8. The van der Waals surface area contributed by atoms with Crippen LogP contribution in [0.5, 0.6) is 5.75 Å². The summed E-state index contributed by atoms with van der Waals surface area (Å²) in [5.74, 6) is -1.74. The van der Waals surface area contributed by atoms with Gasteiger partial charge in [0, 0.05) is 5.69 Å². The first-order valence-corrected chi connectivity index (χ1v) is 8.13. The Morgan fingerprint density at radius 1 is 1.15 bits per heavy atom. The molecule has 27 heavy (non-hydrogen) atoms. The van der Waals surface area contributed by atoms with E-state index in [4.69, 9.17) is 9.15 Å². The monoisotopic (exact) mass is 374 g/mol. The van der Waals surface area contributed by atoms with Crippen LogP contribution < -0.4 is 25.8 Å². The Labute approximate surface area is 155 Å². The van der Waals surface area contributed by atoms with Crippen molar-refractivity contribution in [3.8, 4) is 5.75 Å². The summed E-state index contributed by atoms with van der Waals surface area (Å²) in [6, 6.07) is 5.80. The number of benzene rings is 1. The molecular weight excluding hydrogens is 354 g/mol. The molecule has 144 valence electrons. The molecule has 1 atom stereocenters. The van der Waals surface area contributed by atoms with Crippen LogP contribution in [0.1, 0.15) is 24.4 Å². The lowest BCUT2D eigenvalue weighted by atomic mass is 10.1. The number of carbonyl (C=O) groups is 3. The van der Waals surface area contributed by atoms with Crippen molar-refractivity contribution in [1.82, 2.24) is 5.32 Å². The summed E-state index contributed by atoms with van der Waals surface area (Å²) in [5.41, 5.74) is 0.626. The number of ether oxygens (including phenoxy) is 1. The largest absolute Gasteiger partial charge is 0.548 e. The zero-order valence-corrected chi connectivity index (χ0v) is 15.1. The summed E-state index contributed by atoms with van der Waals surface area (Å²) in [7, 11) is 1.41. The predicted molar refractivity (Wildman–Crippen MR) is 95.4 cm³/mol. The lowest BCUT2D eigenvalue weighted by Gasteiger charge is -2.23. The average Bonchev–Trinajstić information content (AvgIpc) is 3.14. The number of carbonyl (C=O) groups excluding carboxylic acids is 3. The van der Waals surface area contributed by atoms with Gasteiger partial charge in [-0.2, -0.15) is 0 Å². The number of hydrogen-bond donors (Lipinski definition) is 3. The van der Waals surface area contributed by atoms with Crippen molar-refractivity contribution in [2.75, 3.05) is 17.7 Å². The van der Waals surface area contributed by atoms with Crippen molar-refractivity contribution >= 4 is 29.3 Å². The van der Waals surface area contributed by atoms with Gasteiger partial charge >= 0.3 is 6.03 Å². The van der Waals surface area contributed by atoms with Crippen LogP contribution in [0.4, 0.5) is 16.2 Å². The van der Waals surface area contributed by atoms with Gasteiger partial charge in [-0.05, 0) is 36.2 Å². The number of hydrogen-bond acceptors (Lipinski definition) is 6. The van der Waals surface area contributed by atoms with E-state index < -0.39 is 23.9 Å². The molecule has 0 radical (unpaired) electrons. The van der Waals surface area contributed by atoms with Crippen LogP contribution in [0.2, 0.25) is 0 Å². The normalized spacial score (nSPS) is 11.6. The molecule has 3 N–H and O–H groups in total. The van der Waals surface area contributed by atoms with Crippen molar-refractivity contribution in [3.05, 3.63) is 42.4 Å². The standard InChI is InChI=1S/C18H21N3O6/c1-10(2)15(17(23)24)21-18(25)20-12-9-11(6-7-13(12)26-3)19-16(22)14-5-4-8-27-14/h4-10,15H,1-3H3,(H,19,22)(H,23,24)(H2,20,21,25)/p-1/t15-/m0/s1. The molecule has 2 aromatic rings. The average molecular weight is 374 g/mol. The van der Waals surface area contributed by atoms with E-state index in [-0.39, 0.29) is 17.4 Å². The number of aliphatic carboxylic acids is 1. The number of amides is 3. The maximum absolute atomic E-state index is 12.1. The highest BCUT2D eigenvalue weighted by molar-refractivity contribution is 6.03. The second-order valence-electron chi connectivity index (χ2n) is 5.99. The van der Waals surface area contributed by atoms with Crippen LogP contribution in [0.3, 0.4) is 0 Å². The Morgan fingerprint density at radius 2 is 1.89 bits per heavy atom. The van der Waals surface area contributed by atoms with Gasteiger partial charge in [0.05, 0.1) is 31.1 Å². The molecule has 0 saturated heterocycles. The van der Waals surface area contributed by atoms with Crippen LogP contribution in [0.15, 0.2) is 41.0 Å². The molecule has 0 spiro atoms.